The number of hydrogen-bond acceptors (Lipinski definition) is 5. The number of fused-ring (bicyclic) bond motifs is 1. The monoisotopic (exact) mass is 264 g/mol. The summed E-state index contributed by atoms with van der Waals surface area (Å²) in [5.41, 5.74) is 7.28. The van der Waals surface area contributed by atoms with Crippen molar-refractivity contribution in [2.45, 2.75) is 26.3 Å². The minimum atomic E-state index is -0.321. The minimum Gasteiger partial charge on any atom is -0.489 e. The molecule has 2 N–H and O–H groups in total. The molecule has 5 nitrogen and oxygen atoms in total. The molecule has 1 aliphatic heterocycles. The van der Waals surface area contributed by atoms with Crippen molar-refractivity contribution in [2.24, 2.45) is 0 Å². The first-order chi connectivity index (χ1) is 9.13. The van der Waals surface area contributed by atoms with Crippen molar-refractivity contribution in [2.75, 3.05) is 30.4 Å². The van der Waals surface area contributed by atoms with Gasteiger partial charge in [-0.25, -0.2) is 4.79 Å². The number of nitrogens with two attached hydrogens (primary N) is 1. The predicted molar refractivity (Wildman–Crippen MR) is 74.4 cm³/mol. The maximum Gasteiger partial charge on any atom is 0.328 e. The van der Waals surface area contributed by atoms with Gasteiger partial charge in [-0.15, -0.1) is 0 Å². The van der Waals surface area contributed by atoms with Gasteiger partial charge in [0, 0.05) is 11.8 Å². The van der Waals surface area contributed by atoms with E-state index in [1.807, 2.05) is 30.9 Å². The van der Waals surface area contributed by atoms with Gasteiger partial charge in [0.25, 0.3) is 0 Å². The van der Waals surface area contributed by atoms with Gasteiger partial charge in [0.15, 0.2) is 0 Å². The normalized spacial score (nSPS) is 15.4. The van der Waals surface area contributed by atoms with Crippen LogP contribution in [0.2, 0.25) is 0 Å². The quantitative estimate of drug-likeness (QED) is 0.663. The zero-order chi connectivity index (χ0) is 13.8. The Labute approximate surface area is 113 Å². The van der Waals surface area contributed by atoms with Crippen LogP contribution in [0.15, 0.2) is 18.2 Å². The van der Waals surface area contributed by atoms with E-state index in [2.05, 4.69) is 0 Å². The molecule has 1 aromatic carbocycles. The maximum atomic E-state index is 11.9. The molecule has 1 aromatic rings. The molecule has 1 heterocycles. The summed E-state index contributed by atoms with van der Waals surface area (Å²) >= 11 is 0. The third-order valence-corrected chi connectivity index (χ3v) is 3.14. The van der Waals surface area contributed by atoms with Crippen LogP contribution < -0.4 is 15.4 Å². The summed E-state index contributed by atoms with van der Waals surface area (Å²) < 4.78 is 10.8. The molecule has 1 aliphatic rings. The maximum absolute atomic E-state index is 11.9. The van der Waals surface area contributed by atoms with E-state index >= 15 is 0 Å². The molecule has 0 saturated heterocycles. The average molecular weight is 264 g/mol. The molecule has 19 heavy (non-hydrogen) atoms. The molecular weight excluding hydrogens is 244 g/mol. The zero-order valence-electron chi connectivity index (χ0n) is 11.4. The van der Waals surface area contributed by atoms with E-state index in [1.165, 1.54) is 0 Å². The van der Waals surface area contributed by atoms with Crippen LogP contribution in [0.25, 0.3) is 0 Å². The summed E-state index contributed by atoms with van der Waals surface area (Å²) in [4.78, 5) is 13.9. The highest BCUT2D eigenvalue weighted by molar-refractivity contribution is 5.81. The van der Waals surface area contributed by atoms with E-state index in [0.29, 0.717) is 25.4 Å². The first kappa shape index (κ1) is 13.5. The summed E-state index contributed by atoms with van der Waals surface area (Å²) in [6, 6.07) is 5.15. The van der Waals surface area contributed by atoms with Crippen molar-refractivity contribution in [1.29, 1.82) is 0 Å². The highest BCUT2D eigenvalue weighted by Gasteiger charge is 2.27. The Morgan fingerprint density at radius 2 is 2.37 bits per heavy atom. The Morgan fingerprint density at radius 3 is 3.11 bits per heavy atom. The van der Waals surface area contributed by atoms with Crippen LogP contribution in [0.3, 0.4) is 0 Å². The largest absolute Gasteiger partial charge is 0.489 e. The second-order valence-corrected chi connectivity index (χ2v) is 4.61. The Bertz CT molecular complexity index is 462. The van der Waals surface area contributed by atoms with Crippen LogP contribution in [0, 0.1) is 0 Å². The van der Waals surface area contributed by atoms with Gasteiger partial charge in [0.2, 0.25) is 0 Å². The lowest BCUT2D eigenvalue weighted by atomic mass is 10.1. The second-order valence-electron chi connectivity index (χ2n) is 4.61. The van der Waals surface area contributed by atoms with E-state index in [1.54, 1.807) is 6.07 Å². The molecule has 0 bridgehead atoms. The van der Waals surface area contributed by atoms with Gasteiger partial charge in [0.1, 0.15) is 18.4 Å². The van der Waals surface area contributed by atoms with Crippen molar-refractivity contribution in [3.8, 4) is 5.75 Å². The van der Waals surface area contributed by atoms with Gasteiger partial charge in [0.05, 0.1) is 18.8 Å². The number of anilines is 2. The van der Waals surface area contributed by atoms with Gasteiger partial charge < -0.3 is 20.1 Å². The molecule has 5 heteroatoms. The number of esters is 1. The smallest absolute Gasteiger partial charge is 0.328 e. The summed E-state index contributed by atoms with van der Waals surface area (Å²) in [5, 5.41) is 0. The van der Waals surface area contributed by atoms with Crippen LogP contribution in [0.5, 0.6) is 5.75 Å². The van der Waals surface area contributed by atoms with E-state index in [0.717, 1.165) is 17.9 Å². The van der Waals surface area contributed by atoms with E-state index < -0.39 is 0 Å². The molecule has 0 spiro atoms. The van der Waals surface area contributed by atoms with Crippen molar-refractivity contribution in [3.05, 3.63) is 18.2 Å². The van der Waals surface area contributed by atoms with E-state index in [9.17, 15) is 4.79 Å². The van der Waals surface area contributed by atoms with Gasteiger partial charge in [-0.1, -0.05) is 6.92 Å². The SMILES string of the molecule is CCCOC(=O)C(C)N1CCOc2cc(N)ccc21. The second kappa shape index (κ2) is 5.82. The van der Waals surface area contributed by atoms with Gasteiger partial charge in [-0.05, 0) is 25.5 Å². The highest BCUT2D eigenvalue weighted by atomic mass is 16.5. The molecular formula is C14H20N2O3. The third kappa shape index (κ3) is 2.92. The standard InChI is InChI=1S/C14H20N2O3/c1-3-7-19-14(17)10(2)16-6-8-18-13-9-11(15)4-5-12(13)16/h4-5,9-10H,3,6-8,15H2,1-2H3. The fourth-order valence-electron chi connectivity index (χ4n) is 2.11. The van der Waals surface area contributed by atoms with Crippen LogP contribution in [0.4, 0.5) is 11.4 Å². The van der Waals surface area contributed by atoms with Gasteiger partial charge >= 0.3 is 5.97 Å². The summed E-state index contributed by atoms with van der Waals surface area (Å²) in [6.07, 6.45) is 0.828. The Hall–Kier alpha value is -1.91. The molecule has 0 radical (unpaired) electrons. The van der Waals surface area contributed by atoms with Gasteiger partial charge in [-0.3, -0.25) is 0 Å². The predicted octanol–water partition coefficient (Wildman–Crippen LogP) is 1.81. The molecule has 0 fully saturated rings. The lowest BCUT2D eigenvalue weighted by Crippen LogP contribution is -2.44. The molecule has 1 atom stereocenters. The number of carbonyl (C=O) groups is 1. The molecule has 104 valence electrons. The van der Waals surface area contributed by atoms with Crippen LogP contribution in [-0.2, 0) is 9.53 Å². The lowest BCUT2D eigenvalue weighted by Gasteiger charge is -2.34. The highest BCUT2D eigenvalue weighted by Crippen LogP contribution is 2.34. The molecule has 0 saturated carbocycles. The molecule has 2 rings (SSSR count). The molecule has 0 aromatic heterocycles. The summed E-state index contributed by atoms with van der Waals surface area (Å²) in [6.45, 7) is 5.50. The molecule has 0 aliphatic carbocycles. The summed E-state index contributed by atoms with van der Waals surface area (Å²) in [7, 11) is 0. The van der Waals surface area contributed by atoms with Crippen LogP contribution >= 0.6 is 0 Å². The number of benzene rings is 1. The Kier molecular flexibility index (Phi) is 4.14. The fourth-order valence-corrected chi connectivity index (χ4v) is 2.11. The van der Waals surface area contributed by atoms with Crippen LogP contribution in [0.1, 0.15) is 20.3 Å². The Balaban J connectivity index is 2.16. The number of ether oxygens (including phenoxy) is 2. The number of nitrogens with zero attached hydrogens (tertiary/aromatic N) is 1. The first-order valence-electron chi connectivity index (χ1n) is 6.59. The van der Waals surface area contributed by atoms with E-state index in [4.69, 9.17) is 15.2 Å². The molecule has 1 unspecified atom stereocenters. The molecule has 0 amide bonds. The van der Waals surface area contributed by atoms with Gasteiger partial charge in [-0.2, -0.15) is 0 Å². The summed E-state index contributed by atoms with van der Waals surface area (Å²) in [5.74, 6) is 0.521. The number of nitrogen functional groups attached to an aromatic ring is 1. The van der Waals surface area contributed by atoms with Crippen LogP contribution in [-0.4, -0.2) is 31.8 Å². The number of rotatable bonds is 4. The number of carbonyl (C=O) groups excluding carboxylic acids is 1. The van der Waals surface area contributed by atoms with Crippen molar-refractivity contribution in [3.63, 3.8) is 0 Å². The zero-order valence-corrected chi connectivity index (χ0v) is 11.4. The van der Waals surface area contributed by atoms with Crippen molar-refractivity contribution in [1.82, 2.24) is 0 Å². The van der Waals surface area contributed by atoms with E-state index in [-0.39, 0.29) is 12.0 Å². The third-order valence-electron chi connectivity index (χ3n) is 3.14. The lowest BCUT2D eigenvalue weighted by molar-refractivity contribution is -0.144. The Morgan fingerprint density at radius 1 is 1.58 bits per heavy atom. The number of hydrogen-bond donors (Lipinski definition) is 1. The topological polar surface area (TPSA) is 64.8 Å². The van der Waals surface area contributed by atoms with Crippen molar-refractivity contribution < 1.29 is 14.3 Å². The minimum absolute atomic E-state index is 0.202. The average Bonchev–Trinajstić information content (AvgIpc) is 2.42. The van der Waals surface area contributed by atoms with Crippen molar-refractivity contribution >= 4 is 17.3 Å². The first-order valence-corrected chi connectivity index (χ1v) is 6.59. The fraction of sp³-hybridized carbons (Fsp3) is 0.500.